The van der Waals surface area contributed by atoms with Crippen LogP contribution in [0.5, 0.6) is 0 Å². The summed E-state index contributed by atoms with van der Waals surface area (Å²) in [5.74, 6) is -1.56. The molecule has 0 saturated carbocycles. The number of halogens is 1. The Morgan fingerprint density at radius 3 is 2.35 bits per heavy atom. The van der Waals surface area contributed by atoms with Gasteiger partial charge in [0.15, 0.2) is 0 Å². The van der Waals surface area contributed by atoms with Gasteiger partial charge in [-0.2, -0.15) is 8.42 Å². The Bertz CT molecular complexity index is 929. The fourth-order valence-corrected chi connectivity index (χ4v) is 3.16. The van der Waals surface area contributed by atoms with Crippen LogP contribution in [0, 0.1) is 6.92 Å². The number of benzene rings is 1. The van der Waals surface area contributed by atoms with Crippen molar-refractivity contribution in [3.05, 3.63) is 22.7 Å². The number of carbonyl (C=O) groups is 2. The molecule has 0 unspecified atom stereocenters. The van der Waals surface area contributed by atoms with E-state index in [1.807, 2.05) is 0 Å². The fourth-order valence-electron chi connectivity index (χ4n) is 1.82. The maximum absolute atomic E-state index is 12.0. The molecule has 0 aliphatic heterocycles. The molecule has 1 aromatic rings. The summed E-state index contributed by atoms with van der Waals surface area (Å²) < 4.78 is 55.1. The Kier molecular flexibility index (Phi) is 7.13. The van der Waals surface area contributed by atoms with Crippen LogP contribution in [0.2, 0.25) is 5.02 Å². The highest BCUT2D eigenvalue weighted by atomic mass is 35.5. The summed E-state index contributed by atoms with van der Waals surface area (Å²) in [6.45, 7) is 1.52. The first-order valence-corrected chi connectivity index (χ1v) is 10.8. The van der Waals surface area contributed by atoms with Crippen molar-refractivity contribution >= 4 is 49.2 Å². The second-order valence-electron chi connectivity index (χ2n) is 5.48. The predicted molar refractivity (Wildman–Crippen MR) is 94.8 cm³/mol. The predicted octanol–water partition coefficient (Wildman–Crippen LogP) is 0.0169. The molecule has 2 amide bonds. The highest BCUT2D eigenvalue weighted by Gasteiger charge is 2.20. The van der Waals surface area contributed by atoms with Gasteiger partial charge in [-0.3, -0.25) is 18.9 Å². The third-order valence-electron chi connectivity index (χ3n) is 3.19. The molecule has 1 atom stereocenters. The van der Waals surface area contributed by atoms with Gasteiger partial charge in [0.25, 0.3) is 10.1 Å². The molecule has 0 aliphatic carbocycles. The average Bonchev–Trinajstić information content (AvgIpc) is 2.46. The van der Waals surface area contributed by atoms with Crippen molar-refractivity contribution in [2.24, 2.45) is 5.73 Å². The van der Waals surface area contributed by atoms with Gasteiger partial charge in [0, 0.05) is 17.1 Å². The number of sulfonamides is 1. The standard InChI is InChI=1S/C13H18ClN3O7S2/c1-7-9(14)5-8(26(22,23)24)6-11(7)16-12(18)4-3-10(15)13(19)17-25(2,20)21/h5-6,10H,3-4,15H2,1-2H3,(H,16,18)(H,17,19)(H,22,23,24)/t10-/m0/s1. The van der Waals surface area contributed by atoms with Gasteiger partial charge in [-0.05, 0) is 31.0 Å². The van der Waals surface area contributed by atoms with Gasteiger partial charge >= 0.3 is 0 Å². The third-order valence-corrected chi connectivity index (χ3v) is 4.99. The van der Waals surface area contributed by atoms with Crippen LogP contribution >= 0.6 is 11.6 Å². The minimum atomic E-state index is -4.52. The normalized spacial score (nSPS) is 13.1. The number of carbonyl (C=O) groups excluding carboxylic acids is 2. The molecule has 146 valence electrons. The fraction of sp³-hybridized carbons (Fsp3) is 0.385. The van der Waals surface area contributed by atoms with E-state index in [0.29, 0.717) is 5.56 Å². The minimum absolute atomic E-state index is 0.0136. The Morgan fingerprint density at radius 1 is 1.27 bits per heavy atom. The van der Waals surface area contributed by atoms with Gasteiger partial charge in [-0.15, -0.1) is 0 Å². The van der Waals surface area contributed by atoms with Gasteiger partial charge in [0.1, 0.15) is 0 Å². The number of rotatable bonds is 7. The molecule has 0 aromatic heterocycles. The Morgan fingerprint density at radius 2 is 1.85 bits per heavy atom. The zero-order valence-electron chi connectivity index (χ0n) is 13.8. The van der Waals surface area contributed by atoms with Crippen LogP contribution < -0.4 is 15.8 Å². The van der Waals surface area contributed by atoms with E-state index < -0.39 is 42.9 Å². The quantitative estimate of drug-likeness (QED) is 0.440. The van der Waals surface area contributed by atoms with Crippen LogP contribution in [-0.2, 0) is 29.7 Å². The molecule has 0 bridgehead atoms. The number of anilines is 1. The van der Waals surface area contributed by atoms with Crippen LogP contribution in [0.25, 0.3) is 0 Å². The molecule has 0 fully saturated rings. The Hall–Kier alpha value is -1.73. The van der Waals surface area contributed by atoms with Crippen molar-refractivity contribution in [3.63, 3.8) is 0 Å². The topological polar surface area (TPSA) is 173 Å². The number of nitrogens with two attached hydrogens (primary N) is 1. The van der Waals surface area contributed by atoms with Gasteiger partial charge in [0.2, 0.25) is 21.8 Å². The smallest absolute Gasteiger partial charge is 0.294 e. The van der Waals surface area contributed by atoms with Gasteiger partial charge in [0.05, 0.1) is 17.2 Å². The largest absolute Gasteiger partial charge is 0.326 e. The number of hydrogen-bond acceptors (Lipinski definition) is 7. The molecule has 13 heteroatoms. The van der Waals surface area contributed by atoms with Crippen LogP contribution in [0.1, 0.15) is 18.4 Å². The first-order chi connectivity index (χ1) is 11.7. The minimum Gasteiger partial charge on any atom is -0.326 e. The summed E-state index contributed by atoms with van der Waals surface area (Å²) in [5.41, 5.74) is 5.94. The monoisotopic (exact) mass is 427 g/mol. The second-order valence-corrected chi connectivity index (χ2v) is 9.06. The lowest BCUT2D eigenvalue weighted by Crippen LogP contribution is -2.43. The van der Waals surface area contributed by atoms with Crippen molar-refractivity contribution in [2.75, 3.05) is 11.6 Å². The van der Waals surface area contributed by atoms with E-state index in [1.54, 1.807) is 4.72 Å². The van der Waals surface area contributed by atoms with Crippen molar-refractivity contribution in [1.82, 2.24) is 4.72 Å². The summed E-state index contributed by atoms with van der Waals surface area (Å²) in [6.07, 6.45) is 0.391. The molecule has 0 spiro atoms. The zero-order valence-corrected chi connectivity index (χ0v) is 16.2. The number of amides is 2. The molecule has 0 aliphatic rings. The van der Waals surface area contributed by atoms with Crippen LogP contribution in [0.4, 0.5) is 5.69 Å². The number of nitrogens with one attached hydrogen (secondary N) is 2. The van der Waals surface area contributed by atoms with Gasteiger partial charge in [-0.1, -0.05) is 11.6 Å². The summed E-state index contributed by atoms with van der Waals surface area (Å²) in [5, 5.41) is 2.42. The lowest BCUT2D eigenvalue weighted by atomic mass is 10.1. The van der Waals surface area contributed by atoms with Crippen molar-refractivity contribution in [3.8, 4) is 0 Å². The van der Waals surface area contributed by atoms with E-state index in [-0.39, 0.29) is 23.6 Å². The van der Waals surface area contributed by atoms with Crippen LogP contribution in [0.3, 0.4) is 0 Å². The second kappa shape index (κ2) is 8.31. The Labute approximate surface area is 155 Å². The molecule has 0 radical (unpaired) electrons. The summed E-state index contributed by atoms with van der Waals surface area (Å²) in [4.78, 5) is 23.0. The molecular weight excluding hydrogens is 410 g/mol. The first-order valence-electron chi connectivity index (χ1n) is 7.05. The molecule has 5 N–H and O–H groups in total. The van der Waals surface area contributed by atoms with E-state index in [2.05, 4.69) is 5.32 Å². The highest BCUT2D eigenvalue weighted by Crippen LogP contribution is 2.28. The van der Waals surface area contributed by atoms with Crippen molar-refractivity contribution in [1.29, 1.82) is 0 Å². The van der Waals surface area contributed by atoms with E-state index >= 15 is 0 Å². The van der Waals surface area contributed by atoms with Crippen molar-refractivity contribution < 1.29 is 31.0 Å². The maximum Gasteiger partial charge on any atom is 0.294 e. The van der Waals surface area contributed by atoms with Gasteiger partial charge in [-0.25, -0.2) is 8.42 Å². The molecule has 10 nitrogen and oxygen atoms in total. The SMILES string of the molecule is Cc1c(Cl)cc(S(=O)(=O)O)cc1NC(=O)CC[C@H](N)C(=O)NS(C)(=O)=O. The van der Waals surface area contributed by atoms with E-state index in [4.69, 9.17) is 21.9 Å². The summed E-state index contributed by atoms with van der Waals surface area (Å²) >= 11 is 5.88. The highest BCUT2D eigenvalue weighted by molar-refractivity contribution is 7.89. The average molecular weight is 428 g/mol. The lowest BCUT2D eigenvalue weighted by Gasteiger charge is -2.13. The number of hydrogen-bond donors (Lipinski definition) is 4. The van der Waals surface area contributed by atoms with Crippen LogP contribution in [0.15, 0.2) is 17.0 Å². The maximum atomic E-state index is 12.0. The molecular formula is C13H18ClN3O7S2. The summed E-state index contributed by atoms with van der Waals surface area (Å²) in [6, 6.07) is 0.835. The van der Waals surface area contributed by atoms with E-state index in [1.165, 1.54) is 6.92 Å². The third kappa shape index (κ3) is 6.88. The van der Waals surface area contributed by atoms with E-state index in [9.17, 15) is 26.4 Å². The van der Waals surface area contributed by atoms with Crippen molar-refractivity contribution in [2.45, 2.75) is 30.7 Å². The molecule has 0 saturated heterocycles. The van der Waals surface area contributed by atoms with Gasteiger partial charge < -0.3 is 11.1 Å². The molecule has 0 heterocycles. The zero-order chi connectivity index (χ0) is 20.3. The molecule has 1 rings (SSSR count). The van der Waals surface area contributed by atoms with E-state index in [0.717, 1.165) is 18.4 Å². The molecule has 1 aromatic carbocycles. The summed E-state index contributed by atoms with van der Waals surface area (Å²) in [7, 11) is -8.28. The molecule has 26 heavy (non-hydrogen) atoms. The Balaban J connectivity index is 2.80. The first kappa shape index (κ1) is 22.3. The lowest BCUT2D eigenvalue weighted by molar-refractivity contribution is -0.121. The van der Waals surface area contributed by atoms with Crippen LogP contribution in [-0.4, -0.2) is 45.5 Å².